The van der Waals surface area contributed by atoms with Gasteiger partial charge in [-0.25, -0.2) is 8.78 Å². The van der Waals surface area contributed by atoms with Gasteiger partial charge in [-0.3, -0.25) is 4.79 Å². The summed E-state index contributed by atoms with van der Waals surface area (Å²) in [6.45, 7) is 5.21. The van der Waals surface area contributed by atoms with Crippen LogP contribution in [0.1, 0.15) is 25.8 Å². The molecule has 0 aliphatic rings. The summed E-state index contributed by atoms with van der Waals surface area (Å²) in [4.78, 5) is 11.2. The van der Waals surface area contributed by atoms with Crippen molar-refractivity contribution in [1.82, 2.24) is 0 Å². The molecule has 0 heterocycles. The third-order valence-corrected chi connectivity index (χ3v) is 2.45. The molecule has 1 unspecified atom stereocenters. The second-order valence-corrected chi connectivity index (χ2v) is 4.11. The predicted octanol–water partition coefficient (Wildman–Crippen LogP) is 3.03. The zero-order chi connectivity index (χ0) is 13.7. The third kappa shape index (κ3) is 3.68. The molecule has 1 rings (SSSR count). The van der Waals surface area contributed by atoms with E-state index in [2.05, 4.69) is 5.32 Å². The van der Waals surface area contributed by atoms with Gasteiger partial charge in [0.1, 0.15) is 11.5 Å². The highest BCUT2D eigenvalue weighted by molar-refractivity contribution is 5.70. The maximum atomic E-state index is 13.7. The summed E-state index contributed by atoms with van der Waals surface area (Å²) in [5.41, 5.74) is 0.147. The molecule has 0 spiro atoms. The Morgan fingerprint density at radius 3 is 2.72 bits per heavy atom. The van der Waals surface area contributed by atoms with Crippen LogP contribution in [-0.4, -0.2) is 18.6 Å². The first-order valence-corrected chi connectivity index (χ1v) is 5.82. The molecule has 1 aromatic rings. The van der Waals surface area contributed by atoms with Crippen LogP contribution in [0.25, 0.3) is 0 Å². The van der Waals surface area contributed by atoms with Crippen molar-refractivity contribution in [3.8, 4) is 0 Å². The van der Waals surface area contributed by atoms with Crippen molar-refractivity contribution in [2.45, 2.75) is 33.2 Å². The highest BCUT2D eigenvalue weighted by Gasteiger charge is 2.16. The maximum absolute atomic E-state index is 13.7. The number of rotatable bonds is 5. The number of carbonyl (C=O) groups is 1. The van der Waals surface area contributed by atoms with Crippen molar-refractivity contribution < 1.29 is 18.3 Å². The Hall–Kier alpha value is -1.65. The smallest absolute Gasteiger partial charge is 0.307 e. The summed E-state index contributed by atoms with van der Waals surface area (Å²) in [6, 6.07) is 2.15. The minimum Gasteiger partial charge on any atom is -0.466 e. The minimum atomic E-state index is -0.672. The lowest BCUT2D eigenvalue weighted by Crippen LogP contribution is -2.22. The van der Waals surface area contributed by atoms with Gasteiger partial charge in [-0.15, -0.1) is 0 Å². The Morgan fingerprint density at radius 1 is 1.44 bits per heavy atom. The van der Waals surface area contributed by atoms with Gasteiger partial charge in [0, 0.05) is 6.04 Å². The highest BCUT2D eigenvalue weighted by atomic mass is 19.1. The van der Waals surface area contributed by atoms with E-state index in [-0.39, 0.29) is 12.1 Å². The zero-order valence-corrected chi connectivity index (χ0v) is 10.7. The topological polar surface area (TPSA) is 38.3 Å². The molecule has 0 amide bonds. The number of anilines is 1. The molecule has 0 aromatic heterocycles. The Balaban J connectivity index is 2.73. The van der Waals surface area contributed by atoms with E-state index in [0.717, 1.165) is 0 Å². The summed E-state index contributed by atoms with van der Waals surface area (Å²) < 4.78 is 31.9. The van der Waals surface area contributed by atoms with E-state index in [9.17, 15) is 13.6 Å². The normalized spacial score (nSPS) is 12.1. The van der Waals surface area contributed by atoms with E-state index in [4.69, 9.17) is 4.74 Å². The van der Waals surface area contributed by atoms with Crippen molar-refractivity contribution in [3.05, 3.63) is 29.3 Å². The van der Waals surface area contributed by atoms with Crippen LogP contribution in [0.3, 0.4) is 0 Å². The van der Waals surface area contributed by atoms with Gasteiger partial charge in [0.2, 0.25) is 0 Å². The number of nitrogens with one attached hydrogen (secondary N) is 1. The van der Waals surface area contributed by atoms with Crippen LogP contribution >= 0.6 is 0 Å². The van der Waals surface area contributed by atoms with E-state index >= 15 is 0 Å². The molecule has 0 radical (unpaired) electrons. The number of esters is 1. The summed E-state index contributed by atoms with van der Waals surface area (Å²) in [7, 11) is 0. The van der Waals surface area contributed by atoms with Gasteiger partial charge >= 0.3 is 5.97 Å². The molecule has 0 aliphatic carbocycles. The molecule has 0 saturated heterocycles. The standard InChI is InChI=1S/C13H17F2NO2/c1-4-18-11(17)7-9(3)16-13-10(14)6-5-8(2)12(13)15/h5-6,9,16H,4,7H2,1-3H3. The summed E-state index contributed by atoms with van der Waals surface area (Å²) in [5.74, 6) is -1.70. The van der Waals surface area contributed by atoms with E-state index in [1.165, 1.54) is 12.1 Å². The Labute approximate surface area is 105 Å². The van der Waals surface area contributed by atoms with Gasteiger partial charge in [-0.1, -0.05) is 6.07 Å². The van der Waals surface area contributed by atoms with E-state index in [1.54, 1.807) is 20.8 Å². The molecule has 1 N–H and O–H groups in total. The van der Waals surface area contributed by atoms with Gasteiger partial charge in [0.05, 0.1) is 13.0 Å². The summed E-state index contributed by atoms with van der Waals surface area (Å²) in [5, 5.41) is 2.66. The molecule has 1 aromatic carbocycles. The zero-order valence-electron chi connectivity index (χ0n) is 10.7. The van der Waals surface area contributed by atoms with Gasteiger partial charge in [-0.05, 0) is 32.4 Å². The van der Waals surface area contributed by atoms with Crippen molar-refractivity contribution in [3.63, 3.8) is 0 Å². The number of hydrogen-bond acceptors (Lipinski definition) is 3. The van der Waals surface area contributed by atoms with Gasteiger partial charge in [-0.2, -0.15) is 0 Å². The monoisotopic (exact) mass is 257 g/mol. The molecule has 0 aliphatic heterocycles. The highest BCUT2D eigenvalue weighted by Crippen LogP contribution is 2.22. The van der Waals surface area contributed by atoms with E-state index < -0.39 is 23.6 Å². The average molecular weight is 257 g/mol. The third-order valence-electron chi connectivity index (χ3n) is 2.45. The average Bonchev–Trinajstić information content (AvgIpc) is 2.30. The summed E-state index contributed by atoms with van der Waals surface area (Å²) in [6.07, 6.45) is 0.0562. The Kier molecular flexibility index (Phi) is 5.07. The lowest BCUT2D eigenvalue weighted by atomic mass is 10.1. The van der Waals surface area contributed by atoms with Gasteiger partial charge in [0.25, 0.3) is 0 Å². The predicted molar refractivity (Wildman–Crippen MR) is 65.4 cm³/mol. The molecular formula is C13H17F2NO2. The Morgan fingerprint density at radius 2 is 2.11 bits per heavy atom. The molecule has 3 nitrogen and oxygen atoms in total. The lowest BCUT2D eigenvalue weighted by Gasteiger charge is -2.16. The number of benzene rings is 1. The van der Waals surface area contributed by atoms with Gasteiger partial charge in [0.15, 0.2) is 5.82 Å². The lowest BCUT2D eigenvalue weighted by molar-refractivity contribution is -0.143. The quantitative estimate of drug-likeness (QED) is 0.824. The first kappa shape index (κ1) is 14.4. The van der Waals surface area contributed by atoms with Crippen LogP contribution in [0.2, 0.25) is 0 Å². The van der Waals surface area contributed by atoms with E-state index in [0.29, 0.717) is 12.2 Å². The van der Waals surface area contributed by atoms with Crippen LogP contribution in [0.15, 0.2) is 12.1 Å². The number of hydrogen-bond donors (Lipinski definition) is 1. The minimum absolute atomic E-state index is 0.0562. The summed E-state index contributed by atoms with van der Waals surface area (Å²) >= 11 is 0. The molecular weight excluding hydrogens is 240 g/mol. The first-order valence-electron chi connectivity index (χ1n) is 5.82. The van der Waals surface area contributed by atoms with Crippen LogP contribution in [0.4, 0.5) is 14.5 Å². The van der Waals surface area contributed by atoms with Crippen molar-refractivity contribution in [1.29, 1.82) is 0 Å². The number of carbonyl (C=O) groups excluding carboxylic acids is 1. The first-order chi connectivity index (χ1) is 8.45. The number of ether oxygens (including phenoxy) is 1. The largest absolute Gasteiger partial charge is 0.466 e. The van der Waals surface area contributed by atoms with Crippen LogP contribution in [-0.2, 0) is 9.53 Å². The fraction of sp³-hybridized carbons (Fsp3) is 0.462. The Bertz CT molecular complexity index is 435. The SMILES string of the molecule is CCOC(=O)CC(C)Nc1c(F)ccc(C)c1F. The second kappa shape index (κ2) is 6.33. The molecule has 1 atom stereocenters. The molecule has 100 valence electrons. The second-order valence-electron chi connectivity index (χ2n) is 4.11. The van der Waals surface area contributed by atoms with E-state index in [1.807, 2.05) is 0 Å². The molecule has 0 saturated carbocycles. The number of aryl methyl sites for hydroxylation is 1. The molecule has 0 fully saturated rings. The molecule has 5 heteroatoms. The van der Waals surface area contributed by atoms with Gasteiger partial charge < -0.3 is 10.1 Å². The number of halogens is 2. The van der Waals surface area contributed by atoms with Crippen molar-refractivity contribution in [2.24, 2.45) is 0 Å². The van der Waals surface area contributed by atoms with Crippen molar-refractivity contribution in [2.75, 3.05) is 11.9 Å². The molecule has 18 heavy (non-hydrogen) atoms. The fourth-order valence-electron chi connectivity index (χ4n) is 1.56. The van der Waals surface area contributed by atoms with Crippen molar-refractivity contribution >= 4 is 11.7 Å². The van der Waals surface area contributed by atoms with Crippen LogP contribution < -0.4 is 5.32 Å². The molecule has 0 bridgehead atoms. The maximum Gasteiger partial charge on any atom is 0.307 e. The fourth-order valence-corrected chi connectivity index (χ4v) is 1.56. The van der Waals surface area contributed by atoms with Crippen LogP contribution in [0, 0.1) is 18.6 Å². The van der Waals surface area contributed by atoms with Crippen LogP contribution in [0.5, 0.6) is 0 Å².